The molecule has 0 spiro atoms. The molecule has 83 heavy (non-hydrogen) atoms. The molecule has 4 amide bonds. The number of nitrogens with one attached hydrogen (secondary N) is 2. The number of hydrogen-bond acceptors (Lipinski definition) is 15. The van der Waals surface area contributed by atoms with Gasteiger partial charge in [0.2, 0.25) is 17.7 Å². The Bertz CT molecular complexity index is 2960. The Hall–Kier alpha value is -5.85. The molecule has 4 saturated carbocycles. The minimum Gasteiger partial charge on any atom is -0.507 e. The fourth-order valence-corrected chi connectivity index (χ4v) is 15.7. The van der Waals surface area contributed by atoms with Crippen LogP contribution in [-0.4, -0.2) is 148 Å². The van der Waals surface area contributed by atoms with Crippen LogP contribution in [0.2, 0.25) is 0 Å². The lowest BCUT2D eigenvalue weighted by molar-refractivity contribution is -0.174. The van der Waals surface area contributed by atoms with Crippen LogP contribution < -0.4 is 25.8 Å². The summed E-state index contributed by atoms with van der Waals surface area (Å²) in [4.78, 5) is 72.3. The van der Waals surface area contributed by atoms with Crippen molar-refractivity contribution in [1.82, 2.24) is 25.4 Å². The van der Waals surface area contributed by atoms with Crippen molar-refractivity contribution in [1.29, 1.82) is 5.26 Å². The number of benzene rings is 2. The van der Waals surface area contributed by atoms with Crippen molar-refractivity contribution in [2.45, 2.75) is 162 Å². The first-order valence-electron chi connectivity index (χ1n) is 29.8. The molecule has 4 aliphatic carbocycles. The molecule has 0 radical (unpaired) electrons. The molecule has 1 aromatic heterocycles. The number of thiazole rings is 1. The molecule has 20 heteroatoms. The summed E-state index contributed by atoms with van der Waals surface area (Å²) in [7, 11) is 1.60. The third kappa shape index (κ3) is 15.2. The molecule has 3 aromatic rings. The molecule has 0 saturated heterocycles. The highest BCUT2D eigenvalue weighted by molar-refractivity contribution is 7.19. The molecule has 19 nitrogen and oxygen atoms in total. The first-order valence-corrected chi connectivity index (χ1v) is 30.7. The highest BCUT2D eigenvalue weighted by Crippen LogP contribution is 2.68. The van der Waals surface area contributed by atoms with Gasteiger partial charge in [-0.3, -0.25) is 14.4 Å². The molecule has 456 valence electrons. The van der Waals surface area contributed by atoms with Crippen molar-refractivity contribution in [2.75, 3.05) is 59.7 Å². The highest BCUT2D eigenvalue weighted by atomic mass is 32.1. The number of aliphatic carboxylic acids is 1. The van der Waals surface area contributed by atoms with E-state index < -0.39 is 23.5 Å². The minimum absolute atomic E-state index is 0.0559. The lowest BCUT2D eigenvalue weighted by atomic mass is 9.43. The second kappa shape index (κ2) is 27.9. The number of amides is 4. The van der Waals surface area contributed by atoms with Gasteiger partial charge in [0.05, 0.1) is 48.9 Å². The molecule has 0 bridgehead atoms. The van der Waals surface area contributed by atoms with E-state index in [4.69, 9.17) is 14.2 Å². The number of ether oxygens (including phenoxy) is 3. The second-order valence-electron chi connectivity index (χ2n) is 25.4. The standard InChI is InChI=1S/C63H90N6O13S/c1-37(44-15-16-45-55-46(20-23-63(44,45)8)62(7)22-19-42(70)32-41(62)33-49(55)71)13-18-52(73)66-48(59(77)78)12-10-11-24-65-51(72)21-28-80-30-31-81-29-27-69(60(79)82-43-14-17-47-50(34-43)83-53(36-64)67-47)26-25-68(9)54(74)35-61(5,6)56-40(4)57(75)38(2)39(3)58(56)76/h14,17,34,37,41-42,44-46,48-49,55,70-71,75-76H,3-4,10-13,15-16,18-33,35H2,1-2,5-9H3,(H,65,72)(H,66,73)(H,77,78)/t37-,41+,42-,44?,45+,46+,48?,49-,55+,62+,63-/m1/s1. The number of unbranched alkanes of at least 4 members (excludes halogenated alkanes) is 1. The monoisotopic (exact) mass is 1170 g/mol. The number of carboxylic acid groups (broad SMARTS) is 1. The van der Waals surface area contributed by atoms with E-state index in [1.165, 1.54) is 21.1 Å². The number of aliphatic hydroxyl groups is 2. The molecule has 1 heterocycles. The number of carbonyl (C=O) groups is 5. The van der Waals surface area contributed by atoms with Crippen LogP contribution in [0.5, 0.6) is 17.2 Å². The number of likely N-dealkylation sites (N-methyl/N-ethyl adjacent to an activating group) is 1. The maximum atomic E-state index is 13.6. The van der Waals surface area contributed by atoms with E-state index in [0.717, 1.165) is 51.4 Å². The van der Waals surface area contributed by atoms with Crippen molar-refractivity contribution in [3.8, 4) is 23.3 Å². The number of fused-ring (bicyclic) bond motifs is 6. The molecule has 11 atom stereocenters. The van der Waals surface area contributed by atoms with Gasteiger partial charge < -0.3 is 60.2 Å². The van der Waals surface area contributed by atoms with Crippen molar-refractivity contribution in [3.63, 3.8) is 0 Å². The zero-order valence-corrected chi connectivity index (χ0v) is 50.6. The normalized spacial score (nSPS) is 25.5. The number of nitrogens with zero attached hydrogens (tertiary/aromatic N) is 4. The number of nitriles is 1. The van der Waals surface area contributed by atoms with Gasteiger partial charge in [-0.2, -0.15) is 5.26 Å². The number of carboxylic acids is 1. The van der Waals surface area contributed by atoms with Crippen LogP contribution in [-0.2, 0) is 34.1 Å². The highest BCUT2D eigenvalue weighted by Gasteiger charge is 2.63. The second-order valence-corrected chi connectivity index (χ2v) is 26.4. The summed E-state index contributed by atoms with van der Waals surface area (Å²) in [5, 5.41) is 69.3. The minimum atomic E-state index is -1.09. The summed E-state index contributed by atoms with van der Waals surface area (Å²) in [5.74, 6) is 0.396. The van der Waals surface area contributed by atoms with Crippen LogP contribution in [0.3, 0.4) is 0 Å². The molecule has 4 fully saturated rings. The lowest BCUT2D eigenvalue weighted by Gasteiger charge is -2.62. The Morgan fingerprint density at radius 2 is 1.60 bits per heavy atom. The van der Waals surface area contributed by atoms with Crippen molar-refractivity contribution in [3.05, 3.63) is 44.8 Å². The molecule has 2 aromatic carbocycles. The molecule has 7 rings (SSSR count). The number of carbonyl (C=O) groups excluding carboxylic acids is 4. The van der Waals surface area contributed by atoms with Gasteiger partial charge in [-0.05, 0) is 142 Å². The fourth-order valence-electron chi connectivity index (χ4n) is 14.9. The Balaban J connectivity index is 0.779. The summed E-state index contributed by atoms with van der Waals surface area (Å²) < 4.78 is 17.8. The first-order chi connectivity index (χ1) is 39.3. The molecule has 2 unspecified atom stereocenters. The van der Waals surface area contributed by atoms with Gasteiger partial charge in [0.1, 0.15) is 29.4 Å². The molecular weight excluding hydrogens is 1080 g/mol. The number of aliphatic hydroxyl groups excluding tert-OH is 2. The Morgan fingerprint density at radius 1 is 0.892 bits per heavy atom. The van der Waals surface area contributed by atoms with Gasteiger partial charge in [0, 0.05) is 85.5 Å². The number of aromatic nitrogens is 1. The predicted octanol–water partition coefficient (Wildman–Crippen LogP) is 7.02. The topological polar surface area (TPSA) is 281 Å². The third-order valence-electron chi connectivity index (χ3n) is 19.7. The third-order valence-corrected chi connectivity index (χ3v) is 20.6. The van der Waals surface area contributed by atoms with Gasteiger partial charge in [0.25, 0.3) is 0 Å². The Labute approximate surface area is 492 Å². The average Bonchev–Trinajstić information content (AvgIpc) is 1.96. The maximum absolute atomic E-state index is 13.6. The van der Waals surface area contributed by atoms with Gasteiger partial charge in [-0.25, -0.2) is 14.6 Å². The summed E-state index contributed by atoms with van der Waals surface area (Å²) in [5.41, 5.74) is 0.619. The quantitative estimate of drug-likeness (QED) is 0.0298. The maximum Gasteiger partial charge on any atom is 0.415 e. The summed E-state index contributed by atoms with van der Waals surface area (Å²) >= 11 is 1.17. The van der Waals surface area contributed by atoms with Crippen molar-refractivity contribution >= 4 is 64.5 Å². The lowest BCUT2D eigenvalue weighted by Crippen LogP contribution is -2.58. The molecular formula is C63H90N6O13S. The van der Waals surface area contributed by atoms with E-state index in [9.17, 15) is 54.8 Å². The van der Waals surface area contributed by atoms with Crippen LogP contribution in [0.15, 0.2) is 18.2 Å². The molecule has 7 N–H and O–H groups in total. The fraction of sp³-hybridized carbons (Fsp3) is 0.667. The van der Waals surface area contributed by atoms with Crippen molar-refractivity contribution < 1.29 is 63.7 Å². The number of rotatable bonds is 27. The predicted molar refractivity (Wildman–Crippen MR) is 316 cm³/mol. The zero-order chi connectivity index (χ0) is 60.6. The van der Waals surface area contributed by atoms with Gasteiger partial charge in [-0.15, -0.1) is 11.3 Å². The van der Waals surface area contributed by atoms with E-state index >= 15 is 0 Å². The molecule has 0 aliphatic heterocycles. The van der Waals surface area contributed by atoms with Crippen LogP contribution >= 0.6 is 11.3 Å². The van der Waals surface area contributed by atoms with Crippen LogP contribution in [0.1, 0.15) is 147 Å². The van der Waals surface area contributed by atoms with Crippen molar-refractivity contribution in [2.24, 2.45) is 46.3 Å². The van der Waals surface area contributed by atoms with Crippen LogP contribution in [0.25, 0.3) is 23.4 Å². The van der Waals surface area contributed by atoms with E-state index in [0.29, 0.717) is 70.8 Å². The van der Waals surface area contributed by atoms with E-state index in [1.54, 1.807) is 46.0 Å². The van der Waals surface area contributed by atoms with Crippen LogP contribution in [0.4, 0.5) is 4.79 Å². The van der Waals surface area contributed by atoms with Crippen LogP contribution in [0, 0.1) is 64.6 Å². The number of phenols is 2. The average molecular weight is 1170 g/mol. The van der Waals surface area contributed by atoms with Gasteiger partial charge >= 0.3 is 12.1 Å². The Kier molecular flexibility index (Phi) is 21.8. The summed E-state index contributed by atoms with van der Waals surface area (Å²) in [6.45, 7) is 21.2. The van der Waals surface area contributed by atoms with Gasteiger partial charge in [-0.1, -0.05) is 47.8 Å². The molecule has 4 aliphatic rings. The van der Waals surface area contributed by atoms with E-state index in [-0.39, 0.29) is 157 Å². The summed E-state index contributed by atoms with van der Waals surface area (Å²) in [6, 6.07) is 5.86. The first kappa shape index (κ1) is 64.7. The number of aromatic hydroxyl groups is 2. The zero-order valence-electron chi connectivity index (χ0n) is 49.8. The SMILES string of the molecule is C=c1c(C)c(O)c(=C)c(C(C)(C)CC(=O)N(C)CCN(CCOCCOCCC(=O)NCCCCC(NC(=O)CC[C@@H](C)C2CC[C@H]3[C@@H]4[C@H](O)C[C@@H]5C[C@H](O)CC[C@]5(C)[C@H]4CC[C@]23C)C(=O)O)C(=O)Oc2ccc3nc(C#N)sc3c2)c1O. The van der Waals surface area contributed by atoms with E-state index in [2.05, 4.69) is 49.5 Å². The van der Waals surface area contributed by atoms with E-state index in [1.807, 2.05) is 6.07 Å². The largest absolute Gasteiger partial charge is 0.507 e. The number of hydrogen-bond donors (Lipinski definition) is 7. The smallest absolute Gasteiger partial charge is 0.415 e. The summed E-state index contributed by atoms with van der Waals surface area (Å²) in [6.07, 6.45) is 8.71. The Morgan fingerprint density at radius 3 is 2.33 bits per heavy atom. The number of phenolic OH excluding ortho intramolecular Hbond substituents is 2. The van der Waals surface area contributed by atoms with Gasteiger partial charge in [0.15, 0.2) is 5.01 Å².